The van der Waals surface area contributed by atoms with E-state index in [1.54, 1.807) is 11.3 Å². The van der Waals surface area contributed by atoms with Crippen LogP contribution in [0.4, 0.5) is 5.69 Å². The van der Waals surface area contributed by atoms with E-state index in [0.29, 0.717) is 0 Å². The number of rotatable bonds is 4. The van der Waals surface area contributed by atoms with Crippen LogP contribution < -0.4 is 5.32 Å². The number of aryl methyl sites for hydroxylation is 1. The molecule has 0 saturated carbocycles. The molecule has 1 aromatic carbocycles. The van der Waals surface area contributed by atoms with E-state index in [9.17, 15) is 0 Å². The summed E-state index contributed by atoms with van der Waals surface area (Å²) in [4.78, 5) is 7.58. The van der Waals surface area contributed by atoms with Gasteiger partial charge in [0.15, 0.2) is 0 Å². The fraction of sp³-hybridized carbons (Fsp3) is 0.133. The lowest BCUT2D eigenvalue weighted by Gasteiger charge is -2.06. The standard InChI is InChI=1S/C15H15N3S/c1-11-18-15(10-19-11)13-3-2-4-14(7-13)17-9-12-5-6-16-8-12/h2-8,10,16-17H,9H2,1H3. The van der Waals surface area contributed by atoms with Crippen LogP contribution in [0.5, 0.6) is 0 Å². The molecule has 3 aromatic rings. The minimum atomic E-state index is 0.822. The first-order valence-corrected chi connectivity index (χ1v) is 7.07. The Morgan fingerprint density at radius 2 is 2.26 bits per heavy atom. The summed E-state index contributed by atoms with van der Waals surface area (Å²) in [7, 11) is 0. The van der Waals surface area contributed by atoms with E-state index in [2.05, 4.69) is 51.0 Å². The number of aromatic nitrogens is 2. The third-order valence-corrected chi connectivity index (χ3v) is 3.71. The third kappa shape index (κ3) is 2.85. The van der Waals surface area contributed by atoms with Crippen molar-refractivity contribution in [2.24, 2.45) is 0 Å². The van der Waals surface area contributed by atoms with Crippen molar-refractivity contribution in [3.05, 3.63) is 58.7 Å². The lowest BCUT2D eigenvalue weighted by molar-refractivity contribution is 1.15. The minimum absolute atomic E-state index is 0.822. The minimum Gasteiger partial charge on any atom is -0.381 e. The van der Waals surface area contributed by atoms with E-state index >= 15 is 0 Å². The summed E-state index contributed by atoms with van der Waals surface area (Å²) in [5, 5.41) is 6.62. The first-order chi connectivity index (χ1) is 9.31. The predicted molar refractivity (Wildman–Crippen MR) is 80.4 cm³/mol. The quantitative estimate of drug-likeness (QED) is 0.750. The number of anilines is 1. The first-order valence-electron chi connectivity index (χ1n) is 6.19. The van der Waals surface area contributed by atoms with Gasteiger partial charge in [-0.1, -0.05) is 12.1 Å². The second-order valence-electron chi connectivity index (χ2n) is 4.41. The van der Waals surface area contributed by atoms with Gasteiger partial charge in [-0.05, 0) is 30.7 Å². The summed E-state index contributed by atoms with van der Waals surface area (Å²) < 4.78 is 0. The van der Waals surface area contributed by atoms with Crippen LogP contribution in [0.15, 0.2) is 48.1 Å². The first kappa shape index (κ1) is 12.0. The SMILES string of the molecule is Cc1nc(-c2cccc(NCc3cc[nH]c3)c2)cs1. The largest absolute Gasteiger partial charge is 0.381 e. The Labute approximate surface area is 116 Å². The van der Waals surface area contributed by atoms with Gasteiger partial charge < -0.3 is 10.3 Å². The van der Waals surface area contributed by atoms with Crippen LogP contribution in [-0.2, 0) is 6.54 Å². The number of nitrogens with one attached hydrogen (secondary N) is 2. The Bertz CT molecular complexity index is 656. The molecule has 2 aromatic heterocycles. The highest BCUT2D eigenvalue weighted by Crippen LogP contribution is 2.24. The molecule has 96 valence electrons. The van der Waals surface area contributed by atoms with Gasteiger partial charge in [0.2, 0.25) is 0 Å². The van der Waals surface area contributed by atoms with Crippen LogP contribution in [0.25, 0.3) is 11.3 Å². The van der Waals surface area contributed by atoms with Crippen molar-refractivity contribution in [3.63, 3.8) is 0 Å². The van der Waals surface area contributed by atoms with Gasteiger partial charge in [-0.15, -0.1) is 11.3 Å². The van der Waals surface area contributed by atoms with Gasteiger partial charge in [-0.25, -0.2) is 4.98 Å². The van der Waals surface area contributed by atoms with E-state index in [4.69, 9.17) is 0 Å². The highest BCUT2D eigenvalue weighted by molar-refractivity contribution is 7.09. The van der Waals surface area contributed by atoms with Gasteiger partial charge in [0.05, 0.1) is 10.7 Å². The summed E-state index contributed by atoms with van der Waals surface area (Å²) in [6.45, 7) is 2.85. The molecule has 3 rings (SSSR count). The lowest BCUT2D eigenvalue weighted by Crippen LogP contribution is -1.98. The lowest BCUT2D eigenvalue weighted by atomic mass is 10.1. The molecule has 0 fully saturated rings. The van der Waals surface area contributed by atoms with Gasteiger partial charge >= 0.3 is 0 Å². The zero-order valence-corrected chi connectivity index (χ0v) is 11.5. The second-order valence-corrected chi connectivity index (χ2v) is 5.47. The number of aromatic amines is 1. The number of H-pyrrole nitrogens is 1. The molecular weight excluding hydrogens is 254 g/mol. The van der Waals surface area contributed by atoms with E-state index in [1.807, 2.05) is 19.3 Å². The van der Waals surface area contributed by atoms with Crippen LogP contribution in [0, 0.1) is 6.92 Å². The summed E-state index contributed by atoms with van der Waals surface area (Å²) >= 11 is 1.68. The number of hydrogen-bond acceptors (Lipinski definition) is 3. The van der Waals surface area contributed by atoms with Crippen molar-refractivity contribution in [1.29, 1.82) is 0 Å². The molecular formula is C15H15N3S. The summed E-state index contributed by atoms with van der Waals surface area (Å²) in [5.41, 5.74) is 4.57. The molecule has 0 bridgehead atoms. The van der Waals surface area contributed by atoms with Gasteiger partial charge in [-0.2, -0.15) is 0 Å². The second kappa shape index (κ2) is 5.28. The van der Waals surface area contributed by atoms with Crippen molar-refractivity contribution in [1.82, 2.24) is 9.97 Å². The topological polar surface area (TPSA) is 40.7 Å². The van der Waals surface area contributed by atoms with Crippen LogP contribution in [0.2, 0.25) is 0 Å². The van der Waals surface area contributed by atoms with Gasteiger partial charge in [0.25, 0.3) is 0 Å². The van der Waals surface area contributed by atoms with Crippen molar-refractivity contribution in [2.45, 2.75) is 13.5 Å². The molecule has 0 radical (unpaired) electrons. The zero-order chi connectivity index (χ0) is 13.1. The molecule has 0 saturated heterocycles. The summed E-state index contributed by atoms with van der Waals surface area (Å²) in [6.07, 6.45) is 3.94. The molecule has 0 atom stereocenters. The molecule has 0 amide bonds. The normalized spacial score (nSPS) is 10.6. The molecule has 0 aliphatic rings. The van der Waals surface area contributed by atoms with Crippen molar-refractivity contribution >= 4 is 17.0 Å². The Kier molecular flexibility index (Phi) is 3.33. The molecule has 2 N–H and O–H groups in total. The Morgan fingerprint density at radius 1 is 1.32 bits per heavy atom. The third-order valence-electron chi connectivity index (χ3n) is 2.94. The molecule has 19 heavy (non-hydrogen) atoms. The maximum atomic E-state index is 4.52. The molecule has 0 aliphatic heterocycles. The number of nitrogens with zero attached hydrogens (tertiary/aromatic N) is 1. The fourth-order valence-electron chi connectivity index (χ4n) is 1.96. The van der Waals surface area contributed by atoms with E-state index < -0.39 is 0 Å². The van der Waals surface area contributed by atoms with Crippen molar-refractivity contribution in [3.8, 4) is 11.3 Å². The number of thiazole rings is 1. The number of hydrogen-bond donors (Lipinski definition) is 2. The van der Waals surface area contributed by atoms with Crippen LogP contribution in [0.1, 0.15) is 10.6 Å². The zero-order valence-electron chi connectivity index (χ0n) is 10.7. The van der Waals surface area contributed by atoms with Gasteiger partial charge in [0, 0.05) is 35.6 Å². The highest BCUT2D eigenvalue weighted by Gasteiger charge is 2.03. The summed E-state index contributed by atoms with van der Waals surface area (Å²) in [5.74, 6) is 0. The predicted octanol–water partition coefficient (Wildman–Crippen LogP) is 4.06. The van der Waals surface area contributed by atoms with E-state index in [1.165, 1.54) is 5.56 Å². The maximum absolute atomic E-state index is 4.52. The monoisotopic (exact) mass is 269 g/mol. The average Bonchev–Trinajstić information content (AvgIpc) is 3.08. The Morgan fingerprint density at radius 3 is 3.00 bits per heavy atom. The molecule has 4 heteroatoms. The molecule has 0 aliphatic carbocycles. The fourth-order valence-corrected chi connectivity index (χ4v) is 2.58. The van der Waals surface area contributed by atoms with Gasteiger partial charge in [-0.3, -0.25) is 0 Å². The summed E-state index contributed by atoms with van der Waals surface area (Å²) in [6, 6.07) is 10.4. The smallest absolute Gasteiger partial charge is 0.0901 e. The molecule has 0 spiro atoms. The molecule has 2 heterocycles. The molecule has 0 unspecified atom stereocenters. The van der Waals surface area contributed by atoms with Crippen LogP contribution in [0.3, 0.4) is 0 Å². The van der Waals surface area contributed by atoms with Crippen molar-refractivity contribution in [2.75, 3.05) is 5.32 Å². The Hall–Kier alpha value is -2.07. The Balaban J connectivity index is 1.76. The van der Waals surface area contributed by atoms with E-state index in [0.717, 1.165) is 28.5 Å². The average molecular weight is 269 g/mol. The number of benzene rings is 1. The van der Waals surface area contributed by atoms with Gasteiger partial charge in [0.1, 0.15) is 0 Å². The highest BCUT2D eigenvalue weighted by atomic mass is 32.1. The van der Waals surface area contributed by atoms with Crippen LogP contribution >= 0.6 is 11.3 Å². The van der Waals surface area contributed by atoms with E-state index in [-0.39, 0.29) is 0 Å². The van der Waals surface area contributed by atoms with Crippen molar-refractivity contribution < 1.29 is 0 Å². The molecule has 3 nitrogen and oxygen atoms in total. The van der Waals surface area contributed by atoms with Crippen LogP contribution in [-0.4, -0.2) is 9.97 Å². The maximum Gasteiger partial charge on any atom is 0.0901 e.